The van der Waals surface area contributed by atoms with E-state index < -0.39 is 9.84 Å². The molecule has 1 amide bonds. The van der Waals surface area contributed by atoms with Crippen LogP contribution in [0.3, 0.4) is 0 Å². The van der Waals surface area contributed by atoms with Gasteiger partial charge in [0.1, 0.15) is 9.84 Å². The Balaban J connectivity index is 2.01. The van der Waals surface area contributed by atoms with Crippen molar-refractivity contribution in [1.82, 2.24) is 15.5 Å². The van der Waals surface area contributed by atoms with Crippen LogP contribution in [0.25, 0.3) is 0 Å². The minimum Gasteiger partial charge on any atom is -0.351 e. The Morgan fingerprint density at radius 3 is 2.67 bits per heavy atom. The lowest BCUT2D eigenvalue weighted by Gasteiger charge is -2.22. The van der Waals surface area contributed by atoms with E-state index in [9.17, 15) is 13.2 Å². The van der Waals surface area contributed by atoms with Gasteiger partial charge in [-0.3, -0.25) is 4.79 Å². The zero-order valence-corrected chi connectivity index (χ0v) is 15.5. The summed E-state index contributed by atoms with van der Waals surface area (Å²) in [5.41, 5.74) is 0. The normalized spacial score (nSPS) is 21.5. The first kappa shape index (κ1) is 18.7. The second-order valence-electron chi connectivity index (χ2n) is 6.71. The summed E-state index contributed by atoms with van der Waals surface area (Å²) < 4.78 is 27.6. The summed E-state index contributed by atoms with van der Waals surface area (Å²) in [6.45, 7) is 7.49. The SMILES string of the molecule is CCc1nc(N2C[C@@H](NC(=O)CCS(C)(=O)=O)[C@H](C(C)C)C2)no1. The molecule has 2 rings (SSSR count). The summed E-state index contributed by atoms with van der Waals surface area (Å²) >= 11 is 0. The van der Waals surface area contributed by atoms with Gasteiger partial charge in [-0.15, -0.1) is 0 Å². The minimum atomic E-state index is -3.14. The number of aryl methyl sites for hydroxylation is 1. The highest BCUT2D eigenvalue weighted by molar-refractivity contribution is 7.90. The van der Waals surface area contributed by atoms with E-state index in [1.807, 2.05) is 11.8 Å². The van der Waals surface area contributed by atoms with Gasteiger partial charge in [0, 0.05) is 38.1 Å². The molecule has 1 N–H and O–H groups in total. The Bertz CT molecular complexity index is 671. The van der Waals surface area contributed by atoms with Gasteiger partial charge in [0.05, 0.1) is 11.8 Å². The Morgan fingerprint density at radius 2 is 2.12 bits per heavy atom. The van der Waals surface area contributed by atoms with Gasteiger partial charge in [-0.05, 0) is 11.1 Å². The first-order valence-corrected chi connectivity index (χ1v) is 10.3. The van der Waals surface area contributed by atoms with E-state index in [0.29, 0.717) is 30.7 Å². The molecule has 1 aliphatic heterocycles. The van der Waals surface area contributed by atoms with Gasteiger partial charge in [0.25, 0.3) is 5.95 Å². The average molecular weight is 358 g/mol. The second kappa shape index (κ2) is 7.50. The molecule has 136 valence electrons. The van der Waals surface area contributed by atoms with Crippen molar-refractivity contribution in [3.8, 4) is 0 Å². The van der Waals surface area contributed by atoms with Crippen LogP contribution in [0.15, 0.2) is 4.52 Å². The summed E-state index contributed by atoms with van der Waals surface area (Å²) in [6, 6.07) is -0.0550. The number of anilines is 1. The minimum absolute atomic E-state index is 0.0116. The highest BCUT2D eigenvalue weighted by atomic mass is 32.2. The van der Waals surface area contributed by atoms with Gasteiger partial charge in [-0.2, -0.15) is 4.98 Å². The number of nitrogens with zero attached hydrogens (tertiary/aromatic N) is 3. The van der Waals surface area contributed by atoms with E-state index in [0.717, 1.165) is 12.8 Å². The number of carbonyl (C=O) groups is 1. The number of carbonyl (C=O) groups excluding carboxylic acids is 1. The highest BCUT2D eigenvalue weighted by Crippen LogP contribution is 2.27. The van der Waals surface area contributed by atoms with Crippen LogP contribution >= 0.6 is 0 Å². The molecule has 1 aromatic rings. The molecule has 1 fully saturated rings. The number of sulfone groups is 1. The molecule has 1 saturated heterocycles. The third kappa shape index (κ3) is 4.93. The van der Waals surface area contributed by atoms with Crippen LogP contribution in [0.4, 0.5) is 5.95 Å². The van der Waals surface area contributed by atoms with Crippen LogP contribution in [-0.4, -0.2) is 55.6 Å². The average Bonchev–Trinajstić information content (AvgIpc) is 3.10. The molecule has 8 nitrogen and oxygen atoms in total. The van der Waals surface area contributed by atoms with E-state index >= 15 is 0 Å². The zero-order chi connectivity index (χ0) is 17.9. The maximum Gasteiger partial charge on any atom is 0.266 e. The largest absolute Gasteiger partial charge is 0.351 e. The third-order valence-electron chi connectivity index (χ3n) is 4.31. The van der Waals surface area contributed by atoms with E-state index in [1.54, 1.807) is 0 Å². The standard InChI is InChI=1S/C15H26N4O4S/c1-5-14-17-15(18-23-14)19-8-11(10(2)3)12(9-19)16-13(20)6-7-24(4,21)22/h10-12H,5-9H2,1-4H3,(H,16,20)/t11-,12+/m0/s1. The number of nitrogens with one attached hydrogen (secondary N) is 1. The molecule has 2 heterocycles. The van der Waals surface area contributed by atoms with Crippen molar-refractivity contribution in [3.05, 3.63) is 5.89 Å². The molecule has 1 aromatic heterocycles. The van der Waals surface area contributed by atoms with Crippen LogP contribution in [-0.2, 0) is 21.1 Å². The Hall–Kier alpha value is -1.64. The van der Waals surface area contributed by atoms with Crippen molar-refractivity contribution in [1.29, 1.82) is 0 Å². The molecule has 0 unspecified atom stereocenters. The maximum absolute atomic E-state index is 12.1. The molecule has 24 heavy (non-hydrogen) atoms. The van der Waals surface area contributed by atoms with Crippen LogP contribution in [0.5, 0.6) is 0 Å². The summed E-state index contributed by atoms with van der Waals surface area (Å²) in [4.78, 5) is 18.4. The van der Waals surface area contributed by atoms with Gasteiger partial charge in [0.2, 0.25) is 11.8 Å². The van der Waals surface area contributed by atoms with E-state index in [1.165, 1.54) is 0 Å². The van der Waals surface area contributed by atoms with E-state index in [4.69, 9.17) is 4.52 Å². The fourth-order valence-electron chi connectivity index (χ4n) is 2.90. The summed E-state index contributed by atoms with van der Waals surface area (Å²) in [5.74, 6) is 1.38. The fourth-order valence-corrected chi connectivity index (χ4v) is 3.45. The van der Waals surface area contributed by atoms with Gasteiger partial charge >= 0.3 is 0 Å². The Morgan fingerprint density at radius 1 is 1.42 bits per heavy atom. The van der Waals surface area contributed by atoms with Crippen LogP contribution in [0, 0.1) is 11.8 Å². The number of hydrogen-bond donors (Lipinski definition) is 1. The molecule has 9 heteroatoms. The fraction of sp³-hybridized carbons (Fsp3) is 0.800. The molecule has 0 aromatic carbocycles. The predicted octanol–water partition coefficient (Wildman–Crippen LogP) is 0.644. The first-order chi connectivity index (χ1) is 11.2. The van der Waals surface area contributed by atoms with Crippen LogP contribution < -0.4 is 10.2 Å². The van der Waals surface area contributed by atoms with Gasteiger partial charge in [-0.1, -0.05) is 20.8 Å². The van der Waals surface area contributed by atoms with E-state index in [2.05, 4.69) is 29.3 Å². The number of amides is 1. The monoisotopic (exact) mass is 358 g/mol. The number of aromatic nitrogens is 2. The highest BCUT2D eigenvalue weighted by Gasteiger charge is 2.37. The predicted molar refractivity (Wildman–Crippen MR) is 90.5 cm³/mol. The zero-order valence-electron chi connectivity index (χ0n) is 14.7. The van der Waals surface area contributed by atoms with Gasteiger partial charge < -0.3 is 14.7 Å². The Labute approximate surface area is 142 Å². The molecule has 2 atom stereocenters. The van der Waals surface area contributed by atoms with Crippen LogP contribution in [0.2, 0.25) is 0 Å². The smallest absolute Gasteiger partial charge is 0.266 e. The lowest BCUT2D eigenvalue weighted by molar-refractivity contribution is -0.121. The molecule has 0 bridgehead atoms. The third-order valence-corrected chi connectivity index (χ3v) is 5.26. The topological polar surface area (TPSA) is 105 Å². The summed E-state index contributed by atoms with van der Waals surface area (Å²) in [5, 5.41) is 6.97. The van der Waals surface area contributed by atoms with Crippen molar-refractivity contribution >= 4 is 21.7 Å². The van der Waals surface area contributed by atoms with E-state index in [-0.39, 0.29) is 30.0 Å². The summed E-state index contributed by atoms with van der Waals surface area (Å²) in [7, 11) is -3.14. The Kier molecular flexibility index (Phi) is 5.84. The molecule has 1 aliphatic rings. The second-order valence-corrected chi connectivity index (χ2v) is 8.97. The quantitative estimate of drug-likeness (QED) is 0.762. The van der Waals surface area contributed by atoms with Crippen molar-refractivity contribution in [2.45, 2.75) is 39.7 Å². The van der Waals surface area contributed by atoms with Gasteiger partial charge in [0.15, 0.2) is 0 Å². The lowest BCUT2D eigenvalue weighted by atomic mass is 9.91. The molecular formula is C15H26N4O4S. The molecule has 0 radical (unpaired) electrons. The number of hydrogen-bond acceptors (Lipinski definition) is 7. The van der Waals surface area contributed by atoms with Crippen molar-refractivity contribution < 1.29 is 17.7 Å². The van der Waals surface area contributed by atoms with Gasteiger partial charge in [-0.25, -0.2) is 8.42 Å². The molecule has 0 aliphatic carbocycles. The maximum atomic E-state index is 12.1. The van der Waals surface area contributed by atoms with Crippen molar-refractivity contribution in [3.63, 3.8) is 0 Å². The lowest BCUT2D eigenvalue weighted by Crippen LogP contribution is -2.42. The number of rotatable bonds is 7. The van der Waals surface area contributed by atoms with Crippen molar-refractivity contribution in [2.75, 3.05) is 30.0 Å². The molecule has 0 saturated carbocycles. The van der Waals surface area contributed by atoms with Crippen molar-refractivity contribution in [2.24, 2.45) is 11.8 Å². The molecule has 0 spiro atoms. The summed E-state index contributed by atoms with van der Waals surface area (Å²) in [6.07, 6.45) is 1.80. The first-order valence-electron chi connectivity index (χ1n) is 8.24. The molecular weight excluding hydrogens is 332 g/mol. The van der Waals surface area contributed by atoms with Crippen LogP contribution in [0.1, 0.15) is 33.1 Å².